The minimum Gasteiger partial charge on any atom is -0.298 e. The Labute approximate surface area is 167 Å². The van der Waals surface area contributed by atoms with Crippen LogP contribution in [-0.4, -0.2) is 47.1 Å². The molecule has 2 aliphatic heterocycles. The van der Waals surface area contributed by atoms with Gasteiger partial charge in [0.15, 0.2) is 0 Å². The SMILES string of the molecule is Cn1cc(CN2CC[C@]3(CCn4c3nn(Cc3ccccn3)c(=O)c4=O)C2)cn1. The quantitative estimate of drug-likeness (QED) is 0.585. The second-order valence-corrected chi connectivity index (χ2v) is 8.08. The summed E-state index contributed by atoms with van der Waals surface area (Å²) in [5.74, 6) is 0.742. The van der Waals surface area contributed by atoms with Crippen molar-refractivity contribution in [3.63, 3.8) is 0 Å². The zero-order chi connectivity index (χ0) is 20.0. The highest BCUT2D eigenvalue weighted by Crippen LogP contribution is 2.40. The first-order valence-corrected chi connectivity index (χ1v) is 9.86. The maximum absolute atomic E-state index is 12.7. The van der Waals surface area contributed by atoms with Gasteiger partial charge in [-0.2, -0.15) is 10.2 Å². The fourth-order valence-corrected chi connectivity index (χ4v) is 4.62. The average molecular weight is 393 g/mol. The summed E-state index contributed by atoms with van der Waals surface area (Å²) in [6, 6.07) is 5.52. The molecule has 0 bridgehead atoms. The summed E-state index contributed by atoms with van der Waals surface area (Å²) in [4.78, 5) is 31.9. The highest BCUT2D eigenvalue weighted by molar-refractivity contribution is 5.19. The van der Waals surface area contributed by atoms with Gasteiger partial charge in [-0.15, -0.1) is 0 Å². The second kappa shape index (κ2) is 6.77. The molecule has 5 heterocycles. The third-order valence-electron chi connectivity index (χ3n) is 6.06. The molecule has 1 spiro atoms. The maximum Gasteiger partial charge on any atom is 0.332 e. The van der Waals surface area contributed by atoms with Gasteiger partial charge in [-0.1, -0.05) is 6.07 Å². The van der Waals surface area contributed by atoms with E-state index in [0.717, 1.165) is 38.3 Å². The van der Waals surface area contributed by atoms with Crippen molar-refractivity contribution in [2.24, 2.45) is 7.05 Å². The lowest BCUT2D eigenvalue weighted by molar-refractivity contribution is 0.298. The van der Waals surface area contributed by atoms with Gasteiger partial charge in [0, 0.05) is 50.1 Å². The van der Waals surface area contributed by atoms with Gasteiger partial charge in [0.05, 0.1) is 18.4 Å². The first-order valence-electron chi connectivity index (χ1n) is 9.86. The van der Waals surface area contributed by atoms with E-state index in [2.05, 4.69) is 20.1 Å². The van der Waals surface area contributed by atoms with E-state index in [4.69, 9.17) is 0 Å². The number of nitrogens with zero attached hydrogens (tertiary/aromatic N) is 7. The molecule has 0 saturated carbocycles. The lowest BCUT2D eigenvalue weighted by Crippen LogP contribution is -2.45. The second-order valence-electron chi connectivity index (χ2n) is 8.08. The molecule has 0 unspecified atom stereocenters. The van der Waals surface area contributed by atoms with Gasteiger partial charge >= 0.3 is 11.1 Å². The highest BCUT2D eigenvalue weighted by Gasteiger charge is 2.47. The minimum atomic E-state index is -0.582. The zero-order valence-electron chi connectivity index (χ0n) is 16.4. The van der Waals surface area contributed by atoms with E-state index in [1.807, 2.05) is 42.3 Å². The first-order chi connectivity index (χ1) is 14.0. The monoisotopic (exact) mass is 393 g/mol. The lowest BCUT2D eigenvalue weighted by Gasteiger charge is -2.23. The number of likely N-dealkylation sites (tertiary alicyclic amines) is 1. The molecule has 3 aromatic rings. The van der Waals surface area contributed by atoms with Crippen LogP contribution >= 0.6 is 0 Å². The van der Waals surface area contributed by atoms with Crippen LogP contribution in [0.1, 0.15) is 29.9 Å². The van der Waals surface area contributed by atoms with Crippen molar-refractivity contribution in [3.8, 4) is 0 Å². The van der Waals surface area contributed by atoms with Gasteiger partial charge in [-0.3, -0.25) is 28.7 Å². The summed E-state index contributed by atoms with van der Waals surface area (Å²) in [6.45, 7) is 3.35. The van der Waals surface area contributed by atoms with E-state index in [1.54, 1.807) is 10.8 Å². The van der Waals surface area contributed by atoms with Crippen molar-refractivity contribution >= 4 is 0 Å². The summed E-state index contributed by atoms with van der Waals surface area (Å²) in [7, 11) is 1.92. The van der Waals surface area contributed by atoms with E-state index in [-0.39, 0.29) is 12.0 Å². The van der Waals surface area contributed by atoms with Gasteiger partial charge in [0.25, 0.3) is 0 Å². The van der Waals surface area contributed by atoms with Gasteiger partial charge in [0.2, 0.25) is 0 Å². The molecule has 0 N–H and O–H groups in total. The van der Waals surface area contributed by atoms with Crippen LogP contribution in [-0.2, 0) is 32.1 Å². The molecule has 2 aliphatic rings. The number of rotatable bonds is 4. The summed E-state index contributed by atoms with van der Waals surface area (Å²) in [5, 5.41) is 8.92. The molecule has 0 aliphatic carbocycles. The van der Waals surface area contributed by atoms with Gasteiger partial charge in [-0.05, 0) is 31.5 Å². The van der Waals surface area contributed by atoms with Crippen LogP contribution in [0.2, 0.25) is 0 Å². The van der Waals surface area contributed by atoms with Crippen LogP contribution < -0.4 is 11.1 Å². The van der Waals surface area contributed by atoms with Crippen molar-refractivity contribution in [1.29, 1.82) is 0 Å². The fourth-order valence-electron chi connectivity index (χ4n) is 4.62. The normalized spacial score (nSPS) is 21.1. The molecular weight excluding hydrogens is 370 g/mol. The third kappa shape index (κ3) is 3.11. The van der Waals surface area contributed by atoms with Gasteiger partial charge in [-0.25, -0.2) is 4.68 Å². The van der Waals surface area contributed by atoms with Crippen molar-refractivity contribution in [1.82, 2.24) is 34.0 Å². The number of hydrogen-bond donors (Lipinski definition) is 0. The minimum absolute atomic E-state index is 0.180. The van der Waals surface area contributed by atoms with E-state index in [1.165, 1.54) is 10.2 Å². The molecule has 0 aromatic carbocycles. The molecule has 0 amide bonds. The fraction of sp³-hybridized carbons (Fsp3) is 0.450. The summed E-state index contributed by atoms with van der Waals surface area (Å²) >= 11 is 0. The smallest absolute Gasteiger partial charge is 0.298 e. The van der Waals surface area contributed by atoms with Crippen LogP contribution in [0.3, 0.4) is 0 Å². The Hall–Kier alpha value is -3.07. The predicted octanol–water partition coefficient (Wildman–Crippen LogP) is 0.129. The Balaban J connectivity index is 1.46. The van der Waals surface area contributed by atoms with E-state index < -0.39 is 11.1 Å². The lowest BCUT2D eigenvalue weighted by atomic mass is 9.85. The molecule has 3 aromatic heterocycles. The number of pyridine rings is 1. The average Bonchev–Trinajstić information content (AvgIpc) is 3.41. The zero-order valence-corrected chi connectivity index (χ0v) is 16.4. The molecule has 9 heteroatoms. The number of fused-ring (bicyclic) bond motifs is 2. The molecule has 29 heavy (non-hydrogen) atoms. The van der Waals surface area contributed by atoms with Crippen LogP contribution in [0.15, 0.2) is 46.4 Å². The van der Waals surface area contributed by atoms with E-state index in [9.17, 15) is 9.59 Å². The number of hydrogen-bond acceptors (Lipinski definition) is 6. The molecule has 1 saturated heterocycles. The number of aromatic nitrogens is 6. The Kier molecular flexibility index (Phi) is 4.20. The first kappa shape index (κ1) is 18.0. The highest BCUT2D eigenvalue weighted by atomic mass is 16.2. The third-order valence-corrected chi connectivity index (χ3v) is 6.06. The topological polar surface area (TPSA) is 90.8 Å². The standard InChI is InChI=1S/C20H23N7O2/c1-24-11-15(10-22-24)12-25-8-5-20(14-25)6-9-26-17(28)18(29)27(23-19(20)26)13-16-4-2-3-7-21-16/h2-4,7,10-11H,5-6,8-9,12-14H2,1H3/t20-/m0/s1. The summed E-state index contributed by atoms with van der Waals surface area (Å²) in [5.41, 5.74) is 0.646. The van der Waals surface area contributed by atoms with Crippen molar-refractivity contribution in [2.45, 2.75) is 37.9 Å². The van der Waals surface area contributed by atoms with Crippen LogP contribution in [0.4, 0.5) is 0 Å². The Morgan fingerprint density at radius 3 is 2.72 bits per heavy atom. The van der Waals surface area contributed by atoms with Crippen LogP contribution in [0, 0.1) is 0 Å². The maximum atomic E-state index is 12.7. The molecular formula is C20H23N7O2. The number of aryl methyl sites for hydroxylation is 1. The molecule has 9 nitrogen and oxygen atoms in total. The molecule has 0 radical (unpaired) electrons. The molecule has 150 valence electrons. The molecule has 5 rings (SSSR count). The summed E-state index contributed by atoms with van der Waals surface area (Å²) < 4.78 is 4.68. The summed E-state index contributed by atoms with van der Waals surface area (Å²) in [6.07, 6.45) is 7.37. The molecule has 1 fully saturated rings. The molecule has 1 atom stereocenters. The Morgan fingerprint density at radius 1 is 1.10 bits per heavy atom. The largest absolute Gasteiger partial charge is 0.332 e. The predicted molar refractivity (Wildman–Crippen MR) is 105 cm³/mol. The van der Waals surface area contributed by atoms with E-state index >= 15 is 0 Å². The van der Waals surface area contributed by atoms with Crippen LogP contribution in [0.5, 0.6) is 0 Å². The Bertz CT molecular complexity index is 1160. The van der Waals surface area contributed by atoms with E-state index in [0.29, 0.717) is 12.2 Å². The van der Waals surface area contributed by atoms with Crippen LogP contribution in [0.25, 0.3) is 0 Å². The van der Waals surface area contributed by atoms with Gasteiger partial charge in [0.1, 0.15) is 5.82 Å². The van der Waals surface area contributed by atoms with Crippen molar-refractivity contribution in [3.05, 3.63) is 74.6 Å². The van der Waals surface area contributed by atoms with Crippen molar-refractivity contribution < 1.29 is 0 Å². The Morgan fingerprint density at radius 2 is 1.97 bits per heavy atom. The van der Waals surface area contributed by atoms with Crippen molar-refractivity contribution in [2.75, 3.05) is 13.1 Å². The van der Waals surface area contributed by atoms with Gasteiger partial charge < -0.3 is 0 Å².